The Kier molecular flexibility index (Phi) is 3.47. The van der Waals surface area contributed by atoms with Gasteiger partial charge in [-0.15, -0.1) is 0 Å². The lowest BCUT2D eigenvalue weighted by Gasteiger charge is -2.21. The molecule has 0 bridgehead atoms. The van der Waals surface area contributed by atoms with E-state index in [0.29, 0.717) is 5.92 Å². The summed E-state index contributed by atoms with van der Waals surface area (Å²) < 4.78 is 5.33. The summed E-state index contributed by atoms with van der Waals surface area (Å²) in [5, 5.41) is 0. The molecule has 15 heavy (non-hydrogen) atoms. The Hall–Kier alpha value is -0.760. The van der Waals surface area contributed by atoms with E-state index in [1.165, 1.54) is 44.1 Å². The fraction of sp³-hybridized carbons (Fsp3) is 0.692. The van der Waals surface area contributed by atoms with Gasteiger partial charge in [-0.1, -0.05) is 25.7 Å². The first-order chi connectivity index (χ1) is 7.29. The van der Waals surface area contributed by atoms with Crippen molar-refractivity contribution in [3.63, 3.8) is 0 Å². The second kappa shape index (κ2) is 4.84. The first-order valence-corrected chi connectivity index (χ1v) is 6.08. The fourth-order valence-electron chi connectivity index (χ4n) is 2.66. The van der Waals surface area contributed by atoms with Crippen LogP contribution in [0.1, 0.15) is 55.9 Å². The van der Waals surface area contributed by atoms with Gasteiger partial charge < -0.3 is 10.2 Å². The van der Waals surface area contributed by atoms with Crippen molar-refractivity contribution >= 4 is 0 Å². The van der Waals surface area contributed by atoms with Gasteiger partial charge in [0.15, 0.2) is 0 Å². The van der Waals surface area contributed by atoms with E-state index in [4.69, 9.17) is 10.2 Å². The third kappa shape index (κ3) is 2.43. The molecule has 1 aliphatic carbocycles. The Balaban J connectivity index is 2.06. The van der Waals surface area contributed by atoms with E-state index in [1.807, 2.05) is 13.0 Å². The Bertz CT molecular complexity index is 297. The van der Waals surface area contributed by atoms with Crippen LogP contribution in [-0.4, -0.2) is 0 Å². The lowest BCUT2D eigenvalue weighted by molar-refractivity contribution is 0.377. The molecule has 2 rings (SSSR count). The van der Waals surface area contributed by atoms with Crippen LogP contribution >= 0.6 is 0 Å². The molecule has 2 N–H and O–H groups in total. The number of nitrogens with two attached hydrogens (primary N) is 1. The normalized spacial score (nSPS) is 21.2. The van der Waals surface area contributed by atoms with Crippen LogP contribution in [0, 0.1) is 12.8 Å². The molecule has 1 aromatic heterocycles. The van der Waals surface area contributed by atoms with Crippen molar-refractivity contribution in [3.05, 3.63) is 23.7 Å². The topological polar surface area (TPSA) is 39.2 Å². The van der Waals surface area contributed by atoms with Gasteiger partial charge in [0.25, 0.3) is 0 Å². The highest BCUT2D eigenvalue weighted by molar-refractivity contribution is 5.20. The van der Waals surface area contributed by atoms with Gasteiger partial charge in [-0.25, -0.2) is 0 Å². The molecule has 1 saturated carbocycles. The maximum Gasteiger partial charge on any atom is 0.105 e. The highest BCUT2D eigenvalue weighted by Crippen LogP contribution is 2.33. The van der Waals surface area contributed by atoms with Crippen molar-refractivity contribution in [2.45, 2.75) is 51.5 Å². The summed E-state index contributed by atoms with van der Waals surface area (Å²) in [6.07, 6.45) is 9.77. The van der Waals surface area contributed by atoms with Gasteiger partial charge in [-0.05, 0) is 31.7 Å². The molecular formula is C13H21NO. The van der Waals surface area contributed by atoms with E-state index < -0.39 is 0 Å². The molecule has 1 atom stereocenters. The number of hydrogen-bond acceptors (Lipinski definition) is 2. The highest BCUT2D eigenvalue weighted by atomic mass is 16.3. The van der Waals surface area contributed by atoms with Gasteiger partial charge in [0.1, 0.15) is 5.76 Å². The third-order valence-electron chi connectivity index (χ3n) is 3.67. The number of hydrogen-bond donors (Lipinski definition) is 1. The minimum atomic E-state index is 0.182. The number of furan rings is 1. The Labute approximate surface area is 91.8 Å². The summed E-state index contributed by atoms with van der Waals surface area (Å²) >= 11 is 0. The van der Waals surface area contributed by atoms with Crippen molar-refractivity contribution in [2.75, 3.05) is 0 Å². The lowest BCUT2D eigenvalue weighted by Crippen LogP contribution is -2.21. The van der Waals surface area contributed by atoms with Crippen LogP contribution in [0.5, 0.6) is 0 Å². The number of rotatable bonds is 2. The van der Waals surface area contributed by atoms with Crippen molar-refractivity contribution in [3.8, 4) is 0 Å². The van der Waals surface area contributed by atoms with Crippen LogP contribution in [0.25, 0.3) is 0 Å². The molecule has 1 unspecified atom stereocenters. The Morgan fingerprint density at radius 3 is 2.47 bits per heavy atom. The molecule has 0 aliphatic heterocycles. The summed E-state index contributed by atoms with van der Waals surface area (Å²) in [5.41, 5.74) is 7.53. The number of aryl methyl sites for hydroxylation is 1. The fourth-order valence-corrected chi connectivity index (χ4v) is 2.66. The first kappa shape index (κ1) is 10.7. The van der Waals surface area contributed by atoms with E-state index in [2.05, 4.69) is 0 Å². The third-order valence-corrected chi connectivity index (χ3v) is 3.67. The van der Waals surface area contributed by atoms with Crippen molar-refractivity contribution in [2.24, 2.45) is 11.7 Å². The molecule has 1 heterocycles. The SMILES string of the molecule is Cc1occc1C(N)C1CCCCCC1. The lowest BCUT2D eigenvalue weighted by atomic mass is 9.88. The van der Waals surface area contributed by atoms with Gasteiger partial charge in [-0.2, -0.15) is 0 Å². The monoisotopic (exact) mass is 207 g/mol. The van der Waals surface area contributed by atoms with Crippen LogP contribution in [0.15, 0.2) is 16.7 Å². The average Bonchev–Trinajstić information content (AvgIpc) is 2.53. The molecule has 0 aromatic carbocycles. The summed E-state index contributed by atoms with van der Waals surface area (Å²) in [7, 11) is 0. The van der Waals surface area contributed by atoms with Crippen LogP contribution < -0.4 is 5.73 Å². The Morgan fingerprint density at radius 1 is 1.27 bits per heavy atom. The molecule has 0 radical (unpaired) electrons. The van der Waals surface area contributed by atoms with Crippen molar-refractivity contribution in [1.29, 1.82) is 0 Å². The molecule has 84 valence electrons. The summed E-state index contributed by atoms with van der Waals surface area (Å²) in [5.74, 6) is 1.65. The van der Waals surface area contributed by atoms with Crippen molar-refractivity contribution < 1.29 is 4.42 Å². The predicted octanol–water partition coefficient (Wildman–Crippen LogP) is 3.56. The van der Waals surface area contributed by atoms with Gasteiger partial charge in [0, 0.05) is 11.6 Å². The zero-order valence-electron chi connectivity index (χ0n) is 9.54. The zero-order chi connectivity index (χ0) is 10.7. The van der Waals surface area contributed by atoms with Gasteiger partial charge in [0.2, 0.25) is 0 Å². The predicted molar refractivity (Wildman–Crippen MR) is 61.6 cm³/mol. The van der Waals surface area contributed by atoms with Crippen LogP contribution in [0.4, 0.5) is 0 Å². The molecule has 1 aliphatic rings. The standard InChI is InChI=1S/C13H21NO/c1-10-12(8-9-15-10)13(14)11-6-4-2-3-5-7-11/h8-9,11,13H,2-7,14H2,1H3. The highest BCUT2D eigenvalue weighted by Gasteiger charge is 2.22. The summed E-state index contributed by atoms with van der Waals surface area (Å²) in [4.78, 5) is 0. The molecule has 0 spiro atoms. The zero-order valence-corrected chi connectivity index (χ0v) is 9.54. The van der Waals surface area contributed by atoms with E-state index in [0.717, 1.165) is 5.76 Å². The van der Waals surface area contributed by atoms with Crippen LogP contribution in [-0.2, 0) is 0 Å². The van der Waals surface area contributed by atoms with Gasteiger partial charge >= 0.3 is 0 Å². The molecule has 0 saturated heterocycles. The largest absolute Gasteiger partial charge is 0.469 e. The summed E-state index contributed by atoms with van der Waals surface area (Å²) in [6.45, 7) is 2.01. The van der Waals surface area contributed by atoms with E-state index in [-0.39, 0.29) is 6.04 Å². The van der Waals surface area contributed by atoms with Crippen LogP contribution in [0.2, 0.25) is 0 Å². The molecule has 1 aromatic rings. The van der Waals surface area contributed by atoms with E-state index >= 15 is 0 Å². The molecule has 1 fully saturated rings. The smallest absolute Gasteiger partial charge is 0.105 e. The maximum atomic E-state index is 6.32. The first-order valence-electron chi connectivity index (χ1n) is 6.08. The molecular weight excluding hydrogens is 186 g/mol. The minimum Gasteiger partial charge on any atom is -0.469 e. The molecule has 2 heteroatoms. The average molecular weight is 207 g/mol. The van der Waals surface area contributed by atoms with E-state index in [1.54, 1.807) is 6.26 Å². The van der Waals surface area contributed by atoms with Crippen LogP contribution in [0.3, 0.4) is 0 Å². The van der Waals surface area contributed by atoms with Gasteiger partial charge in [-0.3, -0.25) is 0 Å². The maximum absolute atomic E-state index is 6.32. The van der Waals surface area contributed by atoms with Gasteiger partial charge in [0.05, 0.1) is 6.26 Å². The Morgan fingerprint density at radius 2 is 1.93 bits per heavy atom. The second-order valence-electron chi connectivity index (χ2n) is 4.71. The minimum absolute atomic E-state index is 0.182. The summed E-state index contributed by atoms with van der Waals surface area (Å²) in [6, 6.07) is 2.21. The van der Waals surface area contributed by atoms with E-state index in [9.17, 15) is 0 Å². The molecule has 2 nitrogen and oxygen atoms in total. The molecule has 0 amide bonds. The quantitative estimate of drug-likeness (QED) is 0.753. The second-order valence-corrected chi connectivity index (χ2v) is 4.71. The van der Waals surface area contributed by atoms with Crippen molar-refractivity contribution in [1.82, 2.24) is 0 Å².